The van der Waals surface area contributed by atoms with Gasteiger partial charge in [0, 0.05) is 68.9 Å². The van der Waals surface area contributed by atoms with Crippen LogP contribution in [0.15, 0.2) is 40.8 Å². The molecule has 0 saturated carbocycles. The summed E-state index contributed by atoms with van der Waals surface area (Å²) in [5, 5.41) is 5.58. The van der Waals surface area contributed by atoms with Crippen LogP contribution in [0.4, 0.5) is 4.39 Å². The summed E-state index contributed by atoms with van der Waals surface area (Å²) in [7, 11) is 1.66. The van der Waals surface area contributed by atoms with Crippen LogP contribution in [0.3, 0.4) is 0 Å². The smallest absolute Gasteiger partial charge is 0.223 e. The van der Waals surface area contributed by atoms with Gasteiger partial charge in [-0.15, -0.1) is 4.91 Å². The first-order chi connectivity index (χ1) is 19.1. The Balaban J connectivity index is 1.50. The van der Waals surface area contributed by atoms with Crippen molar-refractivity contribution in [3.05, 3.63) is 57.3 Å². The monoisotopic (exact) mass is 552 g/mol. The number of aromatic amines is 1. The molecular formula is C31H45FN6O2. The number of likely N-dealkylation sites (N-methyl/N-ethyl adjacent to an activating group) is 1. The molecule has 1 aromatic carbocycles. The Labute approximate surface area is 237 Å². The lowest BCUT2D eigenvalue weighted by Gasteiger charge is -2.32. The summed E-state index contributed by atoms with van der Waals surface area (Å²) in [4.78, 5) is 31.4. The molecular weight excluding hydrogens is 507 g/mol. The minimum atomic E-state index is -0.744. The van der Waals surface area contributed by atoms with Crippen LogP contribution in [-0.2, 0) is 4.79 Å². The molecule has 0 aliphatic carbocycles. The maximum Gasteiger partial charge on any atom is 0.223 e. The number of rotatable bonds is 10. The molecule has 0 bridgehead atoms. The SMILES string of the molecule is C/C(CN(C)N=O)=C(C)/C(=C\N)c1[nH]c2ccc(C3CCN(C(=O)CCN4CC[C@H](F)C4)CC3)cc2c1C(C)C. The van der Waals surface area contributed by atoms with Crippen molar-refractivity contribution in [3.8, 4) is 0 Å². The van der Waals surface area contributed by atoms with Gasteiger partial charge >= 0.3 is 0 Å². The number of nitrogens with zero attached hydrogens (tertiary/aromatic N) is 4. The van der Waals surface area contributed by atoms with E-state index >= 15 is 0 Å². The third kappa shape index (κ3) is 6.57. The zero-order chi connectivity index (χ0) is 29.0. The van der Waals surface area contributed by atoms with Gasteiger partial charge in [0.1, 0.15) is 6.17 Å². The molecule has 8 nitrogen and oxygen atoms in total. The van der Waals surface area contributed by atoms with Crippen molar-refractivity contribution in [3.63, 3.8) is 0 Å². The van der Waals surface area contributed by atoms with Crippen LogP contribution < -0.4 is 5.73 Å². The number of nitroso groups, excluding NO2 is 1. The van der Waals surface area contributed by atoms with Crippen LogP contribution in [0, 0.1) is 4.91 Å². The summed E-state index contributed by atoms with van der Waals surface area (Å²) in [5.41, 5.74) is 13.8. The zero-order valence-corrected chi connectivity index (χ0v) is 24.7. The van der Waals surface area contributed by atoms with Gasteiger partial charge in [-0.2, -0.15) is 0 Å². The highest BCUT2D eigenvalue weighted by atomic mass is 19.1. The van der Waals surface area contributed by atoms with E-state index < -0.39 is 6.17 Å². The maximum absolute atomic E-state index is 13.4. The fraction of sp³-hybridized carbons (Fsp3) is 0.581. The molecule has 0 unspecified atom stereocenters. The lowest BCUT2D eigenvalue weighted by Crippen LogP contribution is -2.39. The second kappa shape index (κ2) is 13.0. The minimum absolute atomic E-state index is 0.184. The van der Waals surface area contributed by atoms with Gasteiger partial charge in [0.05, 0.1) is 17.5 Å². The lowest BCUT2D eigenvalue weighted by molar-refractivity contribution is -0.132. The number of piperidine rings is 1. The Kier molecular flexibility index (Phi) is 9.66. The molecule has 40 heavy (non-hydrogen) atoms. The number of alkyl halides is 1. The summed E-state index contributed by atoms with van der Waals surface area (Å²) in [6.45, 7) is 12.3. The molecule has 2 aliphatic heterocycles. The molecule has 2 aliphatic rings. The number of halogens is 1. The number of amides is 1. The molecule has 0 spiro atoms. The Hall–Kier alpha value is -3.20. The number of benzene rings is 1. The molecule has 2 fully saturated rings. The molecule has 218 valence electrons. The normalized spacial score (nSPS) is 19.9. The molecule has 0 radical (unpaired) electrons. The van der Waals surface area contributed by atoms with Crippen LogP contribution in [0.5, 0.6) is 0 Å². The number of carbonyl (C=O) groups is 1. The summed E-state index contributed by atoms with van der Waals surface area (Å²) in [6, 6.07) is 6.69. The third-order valence-corrected chi connectivity index (χ3v) is 8.70. The van der Waals surface area contributed by atoms with Crippen LogP contribution in [0.2, 0.25) is 0 Å². The topological polar surface area (TPSA) is 98.0 Å². The van der Waals surface area contributed by atoms with Gasteiger partial charge in [-0.1, -0.05) is 19.9 Å². The third-order valence-electron chi connectivity index (χ3n) is 8.70. The highest BCUT2D eigenvalue weighted by Crippen LogP contribution is 2.38. The summed E-state index contributed by atoms with van der Waals surface area (Å²) in [5.74, 6) is 0.852. The van der Waals surface area contributed by atoms with Gasteiger partial charge in [0.15, 0.2) is 0 Å². The van der Waals surface area contributed by atoms with E-state index in [1.165, 1.54) is 21.5 Å². The van der Waals surface area contributed by atoms with Gasteiger partial charge in [-0.3, -0.25) is 14.7 Å². The van der Waals surface area contributed by atoms with E-state index in [1.54, 1.807) is 13.2 Å². The Bertz CT molecular complexity index is 1270. The van der Waals surface area contributed by atoms with Gasteiger partial charge in [-0.05, 0) is 79.4 Å². The maximum atomic E-state index is 13.4. The Morgan fingerprint density at radius 2 is 1.95 bits per heavy atom. The quantitative estimate of drug-likeness (QED) is 0.225. The lowest BCUT2D eigenvalue weighted by atomic mass is 9.87. The Morgan fingerprint density at radius 3 is 2.55 bits per heavy atom. The van der Waals surface area contributed by atoms with Gasteiger partial charge in [0.25, 0.3) is 0 Å². The van der Waals surface area contributed by atoms with Crippen LogP contribution >= 0.6 is 0 Å². The molecule has 2 saturated heterocycles. The predicted octanol–water partition coefficient (Wildman–Crippen LogP) is 5.68. The van der Waals surface area contributed by atoms with Crippen molar-refractivity contribution in [2.45, 2.75) is 71.4 Å². The van der Waals surface area contributed by atoms with Gasteiger partial charge in [-0.25, -0.2) is 4.39 Å². The zero-order valence-electron chi connectivity index (χ0n) is 24.7. The molecule has 3 N–H and O–H groups in total. The van der Waals surface area contributed by atoms with Crippen molar-refractivity contribution in [1.29, 1.82) is 0 Å². The molecule has 9 heteroatoms. The number of hydrogen-bond donors (Lipinski definition) is 2. The summed E-state index contributed by atoms with van der Waals surface area (Å²) >= 11 is 0. The number of hydrogen-bond acceptors (Lipinski definition) is 5. The van der Waals surface area contributed by atoms with Crippen molar-refractivity contribution in [2.24, 2.45) is 11.0 Å². The van der Waals surface area contributed by atoms with Gasteiger partial charge in [0.2, 0.25) is 5.91 Å². The highest BCUT2D eigenvalue weighted by Gasteiger charge is 2.27. The highest BCUT2D eigenvalue weighted by molar-refractivity contribution is 5.93. The molecule has 1 aromatic heterocycles. The molecule has 1 amide bonds. The molecule has 4 rings (SSSR count). The number of nitrogens with one attached hydrogen (secondary N) is 1. The largest absolute Gasteiger partial charge is 0.404 e. The number of fused-ring (bicyclic) bond motifs is 1. The number of H-pyrrole nitrogens is 1. The average Bonchev–Trinajstić information content (AvgIpc) is 3.54. The minimum Gasteiger partial charge on any atom is -0.404 e. The fourth-order valence-electron chi connectivity index (χ4n) is 6.28. The van der Waals surface area contributed by atoms with E-state index in [1.807, 2.05) is 18.7 Å². The van der Waals surface area contributed by atoms with E-state index in [2.05, 4.69) is 47.2 Å². The predicted molar refractivity (Wildman–Crippen MR) is 160 cm³/mol. The van der Waals surface area contributed by atoms with Crippen molar-refractivity contribution >= 4 is 22.4 Å². The first kappa shape index (κ1) is 29.8. The van der Waals surface area contributed by atoms with Gasteiger partial charge < -0.3 is 15.6 Å². The van der Waals surface area contributed by atoms with Crippen LogP contribution in [0.25, 0.3) is 16.5 Å². The second-order valence-electron chi connectivity index (χ2n) is 11.8. The van der Waals surface area contributed by atoms with E-state index in [9.17, 15) is 14.1 Å². The average molecular weight is 553 g/mol. The Morgan fingerprint density at radius 1 is 1.23 bits per heavy atom. The van der Waals surface area contributed by atoms with Crippen LogP contribution in [-0.4, -0.2) is 78.2 Å². The van der Waals surface area contributed by atoms with E-state index in [0.29, 0.717) is 38.4 Å². The van der Waals surface area contributed by atoms with E-state index in [-0.39, 0.29) is 11.8 Å². The fourth-order valence-corrected chi connectivity index (χ4v) is 6.28. The molecule has 3 heterocycles. The molecule has 1 atom stereocenters. The van der Waals surface area contributed by atoms with E-state index in [4.69, 9.17) is 5.73 Å². The first-order valence-electron chi connectivity index (χ1n) is 14.6. The van der Waals surface area contributed by atoms with E-state index in [0.717, 1.165) is 60.4 Å². The number of aromatic nitrogens is 1. The number of nitrogens with two attached hydrogens (primary N) is 1. The number of allylic oxidation sites excluding steroid dienone is 2. The summed E-state index contributed by atoms with van der Waals surface area (Å²) in [6.07, 6.45) is 3.84. The van der Waals surface area contributed by atoms with Crippen LogP contribution in [0.1, 0.15) is 82.0 Å². The summed E-state index contributed by atoms with van der Waals surface area (Å²) < 4.78 is 13.4. The number of likely N-dealkylation sites (tertiary alicyclic amines) is 2. The van der Waals surface area contributed by atoms with Crippen molar-refractivity contribution < 1.29 is 9.18 Å². The second-order valence-corrected chi connectivity index (χ2v) is 11.8. The number of carbonyl (C=O) groups excluding carboxylic acids is 1. The first-order valence-corrected chi connectivity index (χ1v) is 14.6. The van der Waals surface area contributed by atoms with Crippen molar-refractivity contribution in [2.75, 3.05) is 46.3 Å². The standard InChI is InChI=1S/C31H45FN6O2/c1-20(2)30-26-16-24(23-8-14-38(15-9-23)29(39)11-13-37-12-10-25(32)19-37)6-7-28(26)34-31(30)27(17-33)22(4)21(3)18-36(5)35-40/h6-7,16-17,20,23,25,34H,8-15,18-19,33H2,1-5H3/b22-21-,27-17+/t25-/m0/s1. The molecule has 2 aromatic rings. The van der Waals surface area contributed by atoms with Crippen molar-refractivity contribution in [1.82, 2.24) is 19.8 Å².